The summed E-state index contributed by atoms with van der Waals surface area (Å²) in [5.74, 6) is -0.219. The van der Waals surface area contributed by atoms with E-state index in [9.17, 15) is 9.59 Å². The zero-order chi connectivity index (χ0) is 17.1. The molecule has 2 amide bonds. The molecule has 2 heterocycles. The summed E-state index contributed by atoms with van der Waals surface area (Å²) in [6, 6.07) is 9.60. The number of hydrogen-bond acceptors (Lipinski definition) is 3. The number of carbonyl (C=O) groups excluding carboxylic acids is 2. The Morgan fingerprint density at radius 2 is 2.00 bits per heavy atom. The van der Waals surface area contributed by atoms with E-state index in [1.54, 1.807) is 23.5 Å². The highest BCUT2D eigenvalue weighted by atomic mass is 32.1. The predicted octanol–water partition coefficient (Wildman–Crippen LogP) is 3.32. The molecule has 0 bridgehead atoms. The molecule has 1 aromatic heterocycles. The summed E-state index contributed by atoms with van der Waals surface area (Å²) in [7, 11) is 0. The van der Waals surface area contributed by atoms with Crippen molar-refractivity contribution in [2.75, 3.05) is 13.1 Å². The number of carbonyl (C=O) groups is 2. The van der Waals surface area contributed by atoms with Gasteiger partial charge in [0.05, 0.1) is 12.6 Å². The van der Waals surface area contributed by atoms with Crippen LogP contribution in [-0.2, 0) is 11.2 Å². The van der Waals surface area contributed by atoms with Crippen LogP contribution in [0.25, 0.3) is 0 Å². The number of thiophene rings is 1. The van der Waals surface area contributed by atoms with Gasteiger partial charge in [-0.1, -0.05) is 24.6 Å². The Hall–Kier alpha value is -2.14. The lowest BCUT2D eigenvalue weighted by molar-refractivity contribution is -0.133. The third-order valence-corrected chi connectivity index (χ3v) is 5.51. The molecule has 1 atom stereocenters. The van der Waals surface area contributed by atoms with E-state index in [0.29, 0.717) is 5.56 Å². The highest BCUT2D eigenvalue weighted by Crippen LogP contribution is 2.35. The average Bonchev–Trinajstić information content (AvgIpc) is 3.07. The van der Waals surface area contributed by atoms with Gasteiger partial charge in [-0.2, -0.15) is 0 Å². The van der Waals surface area contributed by atoms with E-state index in [0.717, 1.165) is 24.9 Å². The fourth-order valence-corrected chi connectivity index (χ4v) is 4.13. The number of fused-ring (bicyclic) bond motifs is 1. The van der Waals surface area contributed by atoms with Gasteiger partial charge in [0.2, 0.25) is 5.91 Å². The van der Waals surface area contributed by atoms with Crippen LogP contribution in [0.15, 0.2) is 35.7 Å². The lowest BCUT2D eigenvalue weighted by atomic mass is 9.98. The fraction of sp³-hybridized carbons (Fsp3) is 0.368. The maximum atomic E-state index is 12.6. The van der Waals surface area contributed by atoms with Crippen LogP contribution in [-0.4, -0.2) is 29.8 Å². The summed E-state index contributed by atoms with van der Waals surface area (Å²) in [4.78, 5) is 28.1. The van der Waals surface area contributed by atoms with Gasteiger partial charge in [-0.15, -0.1) is 11.3 Å². The summed E-state index contributed by atoms with van der Waals surface area (Å²) in [5.41, 5.74) is 2.96. The fourth-order valence-electron chi connectivity index (χ4n) is 3.20. The van der Waals surface area contributed by atoms with E-state index in [2.05, 4.69) is 23.7 Å². The molecule has 0 radical (unpaired) electrons. The standard InChI is InChI=1S/C19H22N2O2S/c1-3-16-15-9-11-24-17(15)8-10-21(16)18(22)12-20-19(23)14-6-4-13(2)5-7-14/h4-7,9,11,16H,3,8,10,12H2,1-2H3,(H,20,23)/t16-/m0/s1. The predicted molar refractivity (Wildman–Crippen MR) is 96.3 cm³/mol. The van der Waals surface area contributed by atoms with Crippen LogP contribution >= 0.6 is 11.3 Å². The van der Waals surface area contributed by atoms with Crippen molar-refractivity contribution in [1.29, 1.82) is 0 Å². The minimum atomic E-state index is -0.204. The van der Waals surface area contributed by atoms with Crippen molar-refractivity contribution in [3.63, 3.8) is 0 Å². The number of hydrogen-bond donors (Lipinski definition) is 1. The van der Waals surface area contributed by atoms with Crippen LogP contribution in [0.2, 0.25) is 0 Å². The summed E-state index contributed by atoms with van der Waals surface area (Å²) in [5, 5.41) is 4.85. The lowest BCUT2D eigenvalue weighted by Crippen LogP contribution is -2.44. The highest BCUT2D eigenvalue weighted by Gasteiger charge is 2.30. The molecule has 0 saturated carbocycles. The molecule has 0 saturated heterocycles. The number of rotatable bonds is 4. The van der Waals surface area contributed by atoms with Gasteiger partial charge in [0, 0.05) is 17.0 Å². The second-order valence-electron chi connectivity index (χ2n) is 6.11. The largest absolute Gasteiger partial charge is 0.343 e. The van der Waals surface area contributed by atoms with Gasteiger partial charge in [-0.25, -0.2) is 0 Å². The van der Waals surface area contributed by atoms with Gasteiger partial charge in [0.25, 0.3) is 5.91 Å². The number of nitrogens with zero attached hydrogens (tertiary/aromatic N) is 1. The molecule has 126 valence electrons. The van der Waals surface area contributed by atoms with Gasteiger partial charge in [-0.05, 0) is 48.9 Å². The number of benzene rings is 1. The van der Waals surface area contributed by atoms with Crippen molar-refractivity contribution in [3.8, 4) is 0 Å². The topological polar surface area (TPSA) is 49.4 Å². The molecule has 0 spiro atoms. The summed E-state index contributed by atoms with van der Waals surface area (Å²) >= 11 is 1.77. The third kappa shape index (κ3) is 3.36. The van der Waals surface area contributed by atoms with E-state index >= 15 is 0 Å². The Kier molecular flexibility index (Phi) is 5.00. The Morgan fingerprint density at radius 1 is 1.25 bits per heavy atom. The molecule has 24 heavy (non-hydrogen) atoms. The molecule has 2 aromatic rings. The molecular formula is C19H22N2O2S. The maximum absolute atomic E-state index is 12.6. The second-order valence-corrected chi connectivity index (χ2v) is 7.11. The van der Waals surface area contributed by atoms with Gasteiger partial charge in [-0.3, -0.25) is 9.59 Å². The number of aryl methyl sites for hydroxylation is 1. The van der Waals surface area contributed by atoms with E-state index in [1.165, 1.54) is 10.4 Å². The monoisotopic (exact) mass is 342 g/mol. The van der Waals surface area contributed by atoms with Gasteiger partial charge in [0.15, 0.2) is 0 Å². The van der Waals surface area contributed by atoms with E-state index in [1.807, 2.05) is 24.0 Å². The average molecular weight is 342 g/mol. The van der Waals surface area contributed by atoms with Crippen molar-refractivity contribution in [2.45, 2.75) is 32.7 Å². The normalized spacial score (nSPS) is 16.6. The van der Waals surface area contributed by atoms with Gasteiger partial charge in [0.1, 0.15) is 0 Å². The van der Waals surface area contributed by atoms with Crippen LogP contribution in [0.3, 0.4) is 0 Å². The first-order valence-electron chi connectivity index (χ1n) is 8.30. The van der Waals surface area contributed by atoms with Crippen molar-refractivity contribution in [1.82, 2.24) is 10.2 Å². The van der Waals surface area contributed by atoms with Crippen molar-refractivity contribution < 1.29 is 9.59 Å². The van der Waals surface area contributed by atoms with Crippen LogP contribution in [0, 0.1) is 6.92 Å². The number of nitrogens with one attached hydrogen (secondary N) is 1. The summed E-state index contributed by atoms with van der Waals surface area (Å²) < 4.78 is 0. The van der Waals surface area contributed by atoms with E-state index in [4.69, 9.17) is 0 Å². The second kappa shape index (κ2) is 7.18. The molecular weight excluding hydrogens is 320 g/mol. The Balaban J connectivity index is 1.63. The highest BCUT2D eigenvalue weighted by molar-refractivity contribution is 7.10. The summed E-state index contributed by atoms with van der Waals surface area (Å²) in [6.45, 7) is 4.85. The minimum Gasteiger partial charge on any atom is -0.343 e. The van der Waals surface area contributed by atoms with E-state index < -0.39 is 0 Å². The van der Waals surface area contributed by atoms with Gasteiger partial charge >= 0.3 is 0 Å². The molecule has 1 N–H and O–H groups in total. The Labute approximate surface area is 146 Å². The Morgan fingerprint density at radius 3 is 2.71 bits per heavy atom. The maximum Gasteiger partial charge on any atom is 0.251 e. The molecule has 4 nitrogen and oxygen atoms in total. The molecule has 0 fully saturated rings. The molecule has 1 aliphatic heterocycles. The first-order chi connectivity index (χ1) is 11.6. The Bertz CT molecular complexity index is 736. The van der Waals surface area contributed by atoms with Crippen LogP contribution < -0.4 is 5.32 Å². The smallest absolute Gasteiger partial charge is 0.251 e. The van der Waals surface area contributed by atoms with Crippen molar-refractivity contribution in [3.05, 3.63) is 57.3 Å². The van der Waals surface area contributed by atoms with E-state index in [-0.39, 0.29) is 24.4 Å². The first-order valence-corrected chi connectivity index (χ1v) is 9.18. The van der Waals surface area contributed by atoms with Gasteiger partial charge < -0.3 is 10.2 Å². The first kappa shape index (κ1) is 16.7. The van der Waals surface area contributed by atoms with Crippen LogP contribution in [0.1, 0.15) is 45.7 Å². The van der Waals surface area contributed by atoms with Crippen LogP contribution in [0.5, 0.6) is 0 Å². The SMILES string of the molecule is CC[C@H]1c2ccsc2CCN1C(=O)CNC(=O)c1ccc(C)cc1. The molecule has 1 aliphatic rings. The van der Waals surface area contributed by atoms with Crippen molar-refractivity contribution in [2.24, 2.45) is 0 Å². The molecule has 0 unspecified atom stereocenters. The zero-order valence-electron chi connectivity index (χ0n) is 14.0. The molecule has 5 heteroatoms. The molecule has 3 rings (SSSR count). The summed E-state index contributed by atoms with van der Waals surface area (Å²) in [6.07, 6.45) is 1.79. The minimum absolute atomic E-state index is 0.0147. The molecule has 0 aliphatic carbocycles. The molecule has 1 aromatic carbocycles. The van der Waals surface area contributed by atoms with Crippen molar-refractivity contribution >= 4 is 23.2 Å². The third-order valence-electron chi connectivity index (χ3n) is 4.52. The lowest BCUT2D eigenvalue weighted by Gasteiger charge is -2.35. The van der Waals surface area contributed by atoms with Crippen LogP contribution in [0.4, 0.5) is 0 Å². The quantitative estimate of drug-likeness (QED) is 0.926. The number of amides is 2. The zero-order valence-corrected chi connectivity index (χ0v) is 14.9.